The van der Waals surface area contributed by atoms with Crippen molar-refractivity contribution in [2.75, 3.05) is 41.3 Å². The molecule has 0 radical (unpaired) electrons. The number of anilines is 4. The molecule has 0 unspecified atom stereocenters. The molecule has 1 aromatic heterocycles. The summed E-state index contributed by atoms with van der Waals surface area (Å²) in [4.78, 5) is 9.45. The fourth-order valence-electron chi connectivity index (χ4n) is 3.83. The molecular weight excluding hydrogens is 360 g/mol. The van der Waals surface area contributed by atoms with E-state index >= 15 is 0 Å². The number of para-hydroxylation sites is 1. The topological polar surface area (TPSA) is 57.2 Å². The number of aromatic nitrogens is 3. The highest BCUT2D eigenvalue weighted by Crippen LogP contribution is 2.25. The highest BCUT2D eigenvalue weighted by molar-refractivity contribution is 5.63. The quantitative estimate of drug-likeness (QED) is 0.709. The van der Waals surface area contributed by atoms with Crippen LogP contribution in [0.3, 0.4) is 0 Å². The van der Waals surface area contributed by atoms with Crippen molar-refractivity contribution in [2.24, 2.45) is 0 Å². The van der Waals surface area contributed by atoms with Crippen molar-refractivity contribution < 1.29 is 0 Å². The second kappa shape index (κ2) is 8.47. The van der Waals surface area contributed by atoms with Gasteiger partial charge >= 0.3 is 0 Å². The van der Waals surface area contributed by atoms with Gasteiger partial charge in [0, 0.05) is 37.6 Å². The smallest absolute Gasteiger partial charge is 0.249 e. The Kier molecular flexibility index (Phi) is 5.60. The SMILES string of the molecule is CCc1cccc(C)c1Nc1nncc(N2CCN(c3cccc(C)c3)CC2)n1. The van der Waals surface area contributed by atoms with Crippen LogP contribution in [0.4, 0.5) is 23.1 Å². The average Bonchev–Trinajstić information content (AvgIpc) is 2.75. The molecule has 0 aliphatic carbocycles. The number of aryl methyl sites for hydroxylation is 3. The van der Waals surface area contributed by atoms with E-state index in [-0.39, 0.29) is 0 Å². The Hall–Kier alpha value is -3.15. The Labute approximate surface area is 172 Å². The van der Waals surface area contributed by atoms with Crippen LogP contribution in [-0.4, -0.2) is 41.4 Å². The Morgan fingerprint density at radius 3 is 2.48 bits per heavy atom. The van der Waals surface area contributed by atoms with E-state index in [4.69, 9.17) is 4.98 Å². The third-order valence-corrected chi connectivity index (χ3v) is 5.49. The first-order valence-electron chi connectivity index (χ1n) is 10.3. The van der Waals surface area contributed by atoms with Crippen molar-refractivity contribution in [3.8, 4) is 0 Å². The molecular formula is C23H28N6. The maximum Gasteiger partial charge on any atom is 0.249 e. The first-order valence-corrected chi connectivity index (χ1v) is 10.3. The summed E-state index contributed by atoms with van der Waals surface area (Å²) in [5.41, 5.74) is 6.11. The fraction of sp³-hybridized carbons (Fsp3) is 0.348. The summed E-state index contributed by atoms with van der Waals surface area (Å²) in [6.07, 6.45) is 2.71. The van der Waals surface area contributed by atoms with Crippen LogP contribution in [0.15, 0.2) is 48.7 Å². The van der Waals surface area contributed by atoms with E-state index in [2.05, 4.69) is 88.5 Å². The van der Waals surface area contributed by atoms with Gasteiger partial charge in [-0.1, -0.05) is 37.3 Å². The molecule has 0 bridgehead atoms. The highest BCUT2D eigenvalue weighted by atomic mass is 15.3. The van der Waals surface area contributed by atoms with Gasteiger partial charge in [0.1, 0.15) is 0 Å². The number of benzene rings is 2. The summed E-state index contributed by atoms with van der Waals surface area (Å²) in [7, 11) is 0. The van der Waals surface area contributed by atoms with Gasteiger partial charge in [-0.15, -0.1) is 5.10 Å². The van der Waals surface area contributed by atoms with E-state index in [1.54, 1.807) is 6.20 Å². The summed E-state index contributed by atoms with van der Waals surface area (Å²) < 4.78 is 0. The van der Waals surface area contributed by atoms with Crippen LogP contribution in [0, 0.1) is 13.8 Å². The normalized spacial score (nSPS) is 14.2. The zero-order valence-corrected chi connectivity index (χ0v) is 17.4. The first kappa shape index (κ1) is 19.2. The fourth-order valence-corrected chi connectivity index (χ4v) is 3.83. The van der Waals surface area contributed by atoms with Crippen LogP contribution in [-0.2, 0) is 6.42 Å². The van der Waals surface area contributed by atoms with Gasteiger partial charge in [-0.05, 0) is 49.1 Å². The molecule has 0 atom stereocenters. The summed E-state index contributed by atoms with van der Waals surface area (Å²) in [6.45, 7) is 10.2. The van der Waals surface area contributed by atoms with Gasteiger partial charge in [0.25, 0.3) is 0 Å². The summed E-state index contributed by atoms with van der Waals surface area (Å²) in [6, 6.07) is 15.0. The standard InChI is InChI=1S/C23H28N6/c1-4-19-9-6-8-18(3)22(19)26-23-25-21(16-24-27-23)29-13-11-28(12-14-29)20-10-5-7-17(2)15-20/h5-10,15-16H,4,11-14H2,1-3H3,(H,25,26,27). The molecule has 2 heterocycles. The number of nitrogens with one attached hydrogen (secondary N) is 1. The van der Waals surface area contributed by atoms with Crippen molar-refractivity contribution in [1.82, 2.24) is 15.2 Å². The van der Waals surface area contributed by atoms with Crippen molar-refractivity contribution in [3.05, 3.63) is 65.4 Å². The zero-order chi connectivity index (χ0) is 20.2. The number of hydrogen-bond acceptors (Lipinski definition) is 6. The minimum absolute atomic E-state index is 0.549. The van der Waals surface area contributed by atoms with Crippen molar-refractivity contribution in [2.45, 2.75) is 27.2 Å². The molecule has 6 heteroatoms. The van der Waals surface area contributed by atoms with E-state index in [1.807, 2.05) is 0 Å². The Morgan fingerprint density at radius 2 is 1.72 bits per heavy atom. The van der Waals surface area contributed by atoms with Crippen molar-refractivity contribution >= 4 is 23.1 Å². The van der Waals surface area contributed by atoms with Gasteiger partial charge in [-0.3, -0.25) is 0 Å². The minimum atomic E-state index is 0.549. The average molecular weight is 389 g/mol. The van der Waals surface area contributed by atoms with Crippen LogP contribution in [0.25, 0.3) is 0 Å². The summed E-state index contributed by atoms with van der Waals surface area (Å²) in [5.74, 6) is 1.42. The number of hydrogen-bond donors (Lipinski definition) is 1. The lowest BCUT2D eigenvalue weighted by Crippen LogP contribution is -2.47. The predicted octanol–water partition coefficient (Wildman–Crippen LogP) is 4.12. The second-order valence-electron chi connectivity index (χ2n) is 7.54. The van der Waals surface area contributed by atoms with Gasteiger partial charge in [0.05, 0.1) is 6.20 Å². The van der Waals surface area contributed by atoms with Gasteiger partial charge in [0.15, 0.2) is 5.82 Å². The van der Waals surface area contributed by atoms with Gasteiger partial charge in [-0.25, -0.2) is 0 Å². The van der Waals surface area contributed by atoms with Crippen molar-refractivity contribution in [3.63, 3.8) is 0 Å². The zero-order valence-electron chi connectivity index (χ0n) is 17.4. The molecule has 2 aromatic carbocycles. The molecule has 6 nitrogen and oxygen atoms in total. The molecule has 3 aromatic rings. The van der Waals surface area contributed by atoms with Crippen LogP contribution >= 0.6 is 0 Å². The predicted molar refractivity (Wildman–Crippen MR) is 119 cm³/mol. The first-order chi connectivity index (χ1) is 14.1. The third-order valence-electron chi connectivity index (χ3n) is 5.49. The van der Waals surface area contributed by atoms with E-state index in [0.29, 0.717) is 5.95 Å². The summed E-state index contributed by atoms with van der Waals surface area (Å²) >= 11 is 0. The lowest BCUT2D eigenvalue weighted by molar-refractivity contribution is 0.644. The van der Waals surface area contributed by atoms with Crippen molar-refractivity contribution in [1.29, 1.82) is 0 Å². The number of nitrogens with zero attached hydrogens (tertiary/aromatic N) is 5. The minimum Gasteiger partial charge on any atom is -0.368 e. The molecule has 1 fully saturated rings. The molecule has 0 spiro atoms. The maximum absolute atomic E-state index is 4.74. The molecule has 1 saturated heterocycles. The Morgan fingerprint density at radius 1 is 0.966 bits per heavy atom. The molecule has 150 valence electrons. The monoisotopic (exact) mass is 388 g/mol. The van der Waals surface area contributed by atoms with E-state index in [9.17, 15) is 0 Å². The van der Waals surface area contributed by atoms with Crippen LogP contribution in [0.5, 0.6) is 0 Å². The Balaban J connectivity index is 1.46. The molecule has 0 saturated carbocycles. The van der Waals surface area contributed by atoms with Gasteiger partial charge in [-0.2, -0.15) is 10.1 Å². The lowest BCUT2D eigenvalue weighted by atomic mass is 10.1. The van der Waals surface area contributed by atoms with Crippen LogP contribution in [0.2, 0.25) is 0 Å². The number of rotatable bonds is 5. The molecule has 1 aliphatic heterocycles. The molecule has 1 aliphatic rings. The number of piperazine rings is 1. The van der Waals surface area contributed by atoms with Crippen LogP contribution < -0.4 is 15.1 Å². The van der Waals surface area contributed by atoms with Crippen LogP contribution in [0.1, 0.15) is 23.6 Å². The van der Waals surface area contributed by atoms with Gasteiger partial charge < -0.3 is 15.1 Å². The van der Waals surface area contributed by atoms with E-state index < -0.39 is 0 Å². The molecule has 1 N–H and O–H groups in total. The lowest BCUT2D eigenvalue weighted by Gasteiger charge is -2.36. The highest BCUT2D eigenvalue weighted by Gasteiger charge is 2.19. The third kappa shape index (κ3) is 4.31. The molecule has 0 amide bonds. The second-order valence-corrected chi connectivity index (χ2v) is 7.54. The van der Waals surface area contributed by atoms with Gasteiger partial charge in [0.2, 0.25) is 5.95 Å². The summed E-state index contributed by atoms with van der Waals surface area (Å²) in [5, 5.41) is 11.8. The van der Waals surface area contributed by atoms with E-state index in [1.165, 1.54) is 22.4 Å². The van der Waals surface area contributed by atoms with E-state index in [0.717, 1.165) is 44.1 Å². The largest absolute Gasteiger partial charge is 0.368 e. The maximum atomic E-state index is 4.74. The molecule has 29 heavy (non-hydrogen) atoms. The Bertz CT molecular complexity index is 979. The molecule has 4 rings (SSSR count).